The molecule has 0 heterocycles. The Balaban J connectivity index is 2.69. The number of amides is 2. The summed E-state index contributed by atoms with van der Waals surface area (Å²) in [4.78, 5) is 25.4. The van der Waals surface area contributed by atoms with Crippen LogP contribution in [0.5, 0.6) is 0 Å². The highest BCUT2D eigenvalue weighted by Gasteiger charge is 2.18. The number of nitrogens with zero attached hydrogens (tertiary/aromatic N) is 1. The number of hydrogen-bond acceptors (Lipinski definition) is 2. The third kappa shape index (κ3) is 5.21. The Hall–Kier alpha value is -1.55. The molecule has 1 aromatic carbocycles. The fraction of sp³-hybridized carbons (Fsp3) is 0.467. The van der Waals surface area contributed by atoms with Crippen LogP contribution in [-0.4, -0.2) is 35.8 Å². The van der Waals surface area contributed by atoms with Crippen molar-refractivity contribution in [3.05, 3.63) is 35.4 Å². The molecule has 0 aliphatic carbocycles. The van der Waals surface area contributed by atoms with Crippen LogP contribution in [0.2, 0.25) is 0 Å². The zero-order valence-electron chi connectivity index (χ0n) is 12.4. The first-order valence-corrected chi connectivity index (χ1v) is 6.98. The van der Waals surface area contributed by atoms with Crippen molar-refractivity contribution >= 4 is 23.4 Å². The maximum absolute atomic E-state index is 12.2. The molecule has 0 aliphatic heterocycles. The standard InChI is InChI=1S/C15H21ClN2O2/c1-15(2,3)17-13(19)10-18(4)14(20)12-7-5-6-11(8-12)9-16/h5-8H,9-10H2,1-4H3,(H,17,19). The summed E-state index contributed by atoms with van der Waals surface area (Å²) in [6.07, 6.45) is 0. The second-order valence-corrected chi connectivity index (χ2v) is 6.06. The highest BCUT2D eigenvalue weighted by molar-refractivity contribution is 6.17. The van der Waals surface area contributed by atoms with Gasteiger partial charge >= 0.3 is 0 Å². The Morgan fingerprint density at radius 1 is 1.30 bits per heavy atom. The van der Waals surface area contributed by atoms with E-state index in [1.807, 2.05) is 26.8 Å². The molecule has 0 fully saturated rings. The highest BCUT2D eigenvalue weighted by Crippen LogP contribution is 2.10. The molecular weight excluding hydrogens is 276 g/mol. The molecule has 0 bridgehead atoms. The third-order valence-corrected chi connectivity index (χ3v) is 2.88. The second kappa shape index (κ2) is 6.75. The molecule has 0 saturated heterocycles. The molecule has 0 aromatic heterocycles. The number of nitrogens with one attached hydrogen (secondary N) is 1. The number of likely N-dealkylation sites (N-methyl/N-ethyl adjacent to an activating group) is 1. The zero-order valence-corrected chi connectivity index (χ0v) is 13.1. The Bertz CT molecular complexity index is 495. The Morgan fingerprint density at radius 2 is 1.95 bits per heavy atom. The molecular formula is C15H21ClN2O2. The molecule has 0 aliphatic rings. The maximum Gasteiger partial charge on any atom is 0.254 e. The first-order chi connectivity index (χ1) is 9.23. The van der Waals surface area contributed by atoms with Crippen LogP contribution in [0.3, 0.4) is 0 Å². The van der Waals surface area contributed by atoms with Gasteiger partial charge in [-0.2, -0.15) is 0 Å². The molecule has 1 aromatic rings. The lowest BCUT2D eigenvalue weighted by Gasteiger charge is -2.23. The summed E-state index contributed by atoms with van der Waals surface area (Å²) in [5.41, 5.74) is 1.11. The summed E-state index contributed by atoms with van der Waals surface area (Å²) in [5.74, 6) is -0.0158. The predicted molar refractivity (Wildman–Crippen MR) is 80.9 cm³/mol. The van der Waals surface area contributed by atoms with Gasteiger partial charge in [-0.1, -0.05) is 12.1 Å². The quantitative estimate of drug-likeness (QED) is 0.868. The molecule has 0 atom stereocenters. The van der Waals surface area contributed by atoms with Crippen molar-refractivity contribution in [3.8, 4) is 0 Å². The third-order valence-electron chi connectivity index (χ3n) is 2.57. The minimum atomic E-state index is -0.306. The van der Waals surface area contributed by atoms with E-state index in [1.165, 1.54) is 4.90 Å². The molecule has 20 heavy (non-hydrogen) atoms. The Kier molecular flexibility index (Phi) is 5.57. The number of carbonyl (C=O) groups excluding carboxylic acids is 2. The van der Waals surface area contributed by atoms with Crippen LogP contribution in [-0.2, 0) is 10.7 Å². The predicted octanol–water partition coefficient (Wildman–Crippen LogP) is 2.41. The summed E-state index contributed by atoms with van der Waals surface area (Å²) in [7, 11) is 1.61. The molecule has 0 spiro atoms. The van der Waals surface area contributed by atoms with Gasteiger partial charge in [0, 0.05) is 24.0 Å². The van der Waals surface area contributed by atoms with E-state index in [1.54, 1.807) is 25.2 Å². The number of rotatable bonds is 4. The summed E-state index contributed by atoms with van der Waals surface area (Å²) >= 11 is 5.75. The molecule has 2 amide bonds. The van der Waals surface area contributed by atoms with E-state index in [0.29, 0.717) is 11.4 Å². The Morgan fingerprint density at radius 3 is 2.50 bits per heavy atom. The first kappa shape index (κ1) is 16.5. The van der Waals surface area contributed by atoms with Crippen LogP contribution < -0.4 is 5.32 Å². The fourth-order valence-corrected chi connectivity index (χ4v) is 1.92. The van der Waals surface area contributed by atoms with Crippen molar-refractivity contribution in [2.24, 2.45) is 0 Å². The van der Waals surface area contributed by atoms with Crippen molar-refractivity contribution in [2.45, 2.75) is 32.2 Å². The summed E-state index contributed by atoms with van der Waals surface area (Å²) in [6, 6.07) is 7.11. The summed E-state index contributed by atoms with van der Waals surface area (Å²) in [5, 5.41) is 2.82. The molecule has 1 rings (SSSR count). The van der Waals surface area contributed by atoms with Crippen LogP contribution in [0.25, 0.3) is 0 Å². The van der Waals surface area contributed by atoms with E-state index in [0.717, 1.165) is 5.56 Å². The number of alkyl halides is 1. The molecule has 110 valence electrons. The van der Waals surface area contributed by atoms with Crippen molar-refractivity contribution in [1.82, 2.24) is 10.2 Å². The summed E-state index contributed by atoms with van der Waals surface area (Å²) in [6.45, 7) is 5.73. The van der Waals surface area contributed by atoms with Crippen molar-refractivity contribution < 1.29 is 9.59 Å². The van der Waals surface area contributed by atoms with E-state index in [2.05, 4.69) is 5.32 Å². The molecule has 0 saturated carbocycles. The Labute approximate surface area is 125 Å². The molecule has 5 heteroatoms. The number of carbonyl (C=O) groups is 2. The van der Waals surface area contributed by atoms with E-state index in [4.69, 9.17) is 11.6 Å². The molecule has 1 N–H and O–H groups in total. The minimum Gasteiger partial charge on any atom is -0.350 e. The fourth-order valence-electron chi connectivity index (χ4n) is 1.75. The van der Waals surface area contributed by atoms with E-state index in [-0.39, 0.29) is 23.9 Å². The lowest BCUT2D eigenvalue weighted by Crippen LogP contribution is -2.46. The van der Waals surface area contributed by atoms with E-state index in [9.17, 15) is 9.59 Å². The molecule has 0 unspecified atom stereocenters. The van der Waals surface area contributed by atoms with Crippen LogP contribution in [0, 0.1) is 0 Å². The largest absolute Gasteiger partial charge is 0.350 e. The molecule has 4 nitrogen and oxygen atoms in total. The number of halogens is 1. The second-order valence-electron chi connectivity index (χ2n) is 5.79. The zero-order chi connectivity index (χ0) is 15.3. The van der Waals surface area contributed by atoms with Gasteiger partial charge in [-0.25, -0.2) is 0 Å². The highest BCUT2D eigenvalue weighted by atomic mass is 35.5. The van der Waals surface area contributed by atoms with Gasteiger partial charge in [-0.3, -0.25) is 9.59 Å². The normalized spacial score (nSPS) is 11.1. The average molecular weight is 297 g/mol. The smallest absolute Gasteiger partial charge is 0.254 e. The number of benzene rings is 1. The van der Waals surface area contributed by atoms with Crippen molar-refractivity contribution in [2.75, 3.05) is 13.6 Å². The van der Waals surface area contributed by atoms with E-state index < -0.39 is 0 Å². The van der Waals surface area contributed by atoms with Crippen LogP contribution in [0.15, 0.2) is 24.3 Å². The summed E-state index contributed by atoms with van der Waals surface area (Å²) < 4.78 is 0. The lowest BCUT2D eigenvalue weighted by molar-refractivity contribution is -0.122. The van der Waals surface area contributed by atoms with Gasteiger partial charge in [0.1, 0.15) is 0 Å². The van der Waals surface area contributed by atoms with Gasteiger partial charge in [0.15, 0.2) is 0 Å². The SMILES string of the molecule is CN(CC(=O)NC(C)(C)C)C(=O)c1cccc(CCl)c1. The first-order valence-electron chi connectivity index (χ1n) is 6.44. The lowest BCUT2D eigenvalue weighted by atomic mass is 10.1. The van der Waals surface area contributed by atoms with Gasteiger partial charge in [0.05, 0.1) is 6.54 Å². The van der Waals surface area contributed by atoms with Gasteiger partial charge < -0.3 is 10.2 Å². The van der Waals surface area contributed by atoms with E-state index >= 15 is 0 Å². The number of hydrogen-bond donors (Lipinski definition) is 1. The van der Waals surface area contributed by atoms with Crippen molar-refractivity contribution in [1.29, 1.82) is 0 Å². The van der Waals surface area contributed by atoms with Crippen molar-refractivity contribution in [3.63, 3.8) is 0 Å². The monoisotopic (exact) mass is 296 g/mol. The van der Waals surface area contributed by atoms with Crippen LogP contribution in [0.4, 0.5) is 0 Å². The average Bonchev–Trinajstić information content (AvgIpc) is 2.35. The van der Waals surface area contributed by atoms with Gasteiger partial charge in [0.2, 0.25) is 5.91 Å². The van der Waals surface area contributed by atoms with Gasteiger partial charge in [-0.15, -0.1) is 11.6 Å². The van der Waals surface area contributed by atoms with Gasteiger partial charge in [0.25, 0.3) is 5.91 Å². The topological polar surface area (TPSA) is 49.4 Å². The van der Waals surface area contributed by atoms with Crippen LogP contribution in [0.1, 0.15) is 36.7 Å². The minimum absolute atomic E-state index is 0.0290. The van der Waals surface area contributed by atoms with Gasteiger partial charge in [-0.05, 0) is 38.5 Å². The molecule has 0 radical (unpaired) electrons. The maximum atomic E-state index is 12.2. The van der Waals surface area contributed by atoms with Crippen LogP contribution >= 0.6 is 11.6 Å².